The fraction of sp³-hybridized carbons (Fsp3) is 0.600. The van der Waals surface area contributed by atoms with Crippen LogP contribution in [0.15, 0.2) is 24.3 Å². The van der Waals surface area contributed by atoms with Crippen LogP contribution >= 0.6 is 0 Å². The summed E-state index contributed by atoms with van der Waals surface area (Å²) in [6.45, 7) is 8.00. The molecule has 0 spiro atoms. The monoisotopic (exact) mass is 232 g/mol. The molecule has 1 heterocycles. The smallest absolute Gasteiger partial charge is 0.0344 e. The molecule has 0 unspecified atom stereocenters. The van der Waals surface area contributed by atoms with Gasteiger partial charge in [-0.05, 0) is 31.1 Å². The summed E-state index contributed by atoms with van der Waals surface area (Å²) < 4.78 is 0. The SMILES string of the molecule is CC(C)c1ccc(CN2CC(N(C)C)C2)cc1. The van der Waals surface area contributed by atoms with Crippen molar-refractivity contribution in [2.75, 3.05) is 27.2 Å². The zero-order valence-corrected chi connectivity index (χ0v) is 11.5. The lowest BCUT2D eigenvalue weighted by molar-refractivity contribution is 0.0574. The maximum absolute atomic E-state index is 2.51. The standard InChI is InChI=1S/C15H24N2/c1-12(2)14-7-5-13(6-8-14)9-17-10-15(11-17)16(3)4/h5-8,12,15H,9-11H2,1-4H3. The lowest BCUT2D eigenvalue weighted by Gasteiger charge is -2.42. The molecule has 0 atom stereocenters. The number of likely N-dealkylation sites (N-methyl/N-ethyl adjacent to an activating group) is 1. The topological polar surface area (TPSA) is 6.48 Å². The predicted octanol–water partition coefficient (Wildman–Crippen LogP) is 2.56. The molecule has 0 aromatic heterocycles. The van der Waals surface area contributed by atoms with Crippen molar-refractivity contribution in [3.05, 3.63) is 35.4 Å². The van der Waals surface area contributed by atoms with Crippen LogP contribution in [0.3, 0.4) is 0 Å². The molecular weight excluding hydrogens is 208 g/mol. The number of rotatable bonds is 4. The van der Waals surface area contributed by atoms with Crippen molar-refractivity contribution in [1.29, 1.82) is 0 Å². The number of hydrogen-bond acceptors (Lipinski definition) is 2. The Morgan fingerprint density at radius 1 is 1.18 bits per heavy atom. The molecule has 0 aliphatic carbocycles. The van der Waals surface area contributed by atoms with E-state index in [0.717, 1.165) is 12.6 Å². The van der Waals surface area contributed by atoms with E-state index >= 15 is 0 Å². The Balaban J connectivity index is 1.84. The molecule has 2 nitrogen and oxygen atoms in total. The molecule has 2 rings (SSSR count). The van der Waals surface area contributed by atoms with Crippen LogP contribution in [0.2, 0.25) is 0 Å². The van der Waals surface area contributed by atoms with Gasteiger partial charge in [0.2, 0.25) is 0 Å². The highest BCUT2D eigenvalue weighted by Crippen LogP contribution is 2.18. The van der Waals surface area contributed by atoms with Crippen LogP contribution in [-0.4, -0.2) is 43.0 Å². The van der Waals surface area contributed by atoms with Crippen molar-refractivity contribution in [3.8, 4) is 0 Å². The zero-order chi connectivity index (χ0) is 12.4. The van der Waals surface area contributed by atoms with E-state index in [4.69, 9.17) is 0 Å². The Labute approximate surface area is 105 Å². The Kier molecular flexibility index (Phi) is 3.85. The first-order valence-electron chi connectivity index (χ1n) is 6.54. The van der Waals surface area contributed by atoms with Crippen molar-refractivity contribution >= 4 is 0 Å². The summed E-state index contributed by atoms with van der Waals surface area (Å²) in [4.78, 5) is 4.83. The fourth-order valence-electron chi connectivity index (χ4n) is 2.26. The summed E-state index contributed by atoms with van der Waals surface area (Å²) >= 11 is 0. The predicted molar refractivity (Wildman–Crippen MR) is 73.3 cm³/mol. The molecule has 1 aromatic rings. The van der Waals surface area contributed by atoms with Gasteiger partial charge < -0.3 is 4.90 Å². The van der Waals surface area contributed by atoms with E-state index in [0.29, 0.717) is 5.92 Å². The Morgan fingerprint density at radius 2 is 1.76 bits per heavy atom. The largest absolute Gasteiger partial charge is 0.304 e. The zero-order valence-electron chi connectivity index (χ0n) is 11.5. The van der Waals surface area contributed by atoms with E-state index in [1.165, 1.54) is 24.2 Å². The Bertz CT molecular complexity index is 348. The molecule has 1 fully saturated rings. The highest BCUT2D eigenvalue weighted by atomic mass is 15.3. The first-order valence-corrected chi connectivity index (χ1v) is 6.54. The minimum absolute atomic E-state index is 0.631. The van der Waals surface area contributed by atoms with Gasteiger partial charge in [0.1, 0.15) is 0 Å². The van der Waals surface area contributed by atoms with Crippen LogP contribution in [0.5, 0.6) is 0 Å². The van der Waals surface area contributed by atoms with Gasteiger partial charge in [0.15, 0.2) is 0 Å². The van der Waals surface area contributed by atoms with E-state index in [1.807, 2.05) is 0 Å². The average molecular weight is 232 g/mol. The highest BCUT2D eigenvalue weighted by molar-refractivity contribution is 5.24. The van der Waals surface area contributed by atoms with Gasteiger partial charge in [-0.1, -0.05) is 38.1 Å². The van der Waals surface area contributed by atoms with Gasteiger partial charge in [-0.15, -0.1) is 0 Å². The van der Waals surface area contributed by atoms with Crippen LogP contribution < -0.4 is 0 Å². The molecule has 0 amide bonds. The van der Waals surface area contributed by atoms with Gasteiger partial charge >= 0.3 is 0 Å². The van der Waals surface area contributed by atoms with Crippen LogP contribution in [-0.2, 0) is 6.54 Å². The summed E-state index contributed by atoms with van der Waals surface area (Å²) in [6, 6.07) is 9.84. The van der Waals surface area contributed by atoms with Crippen molar-refractivity contribution in [2.24, 2.45) is 0 Å². The maximum atomic E-state index is 2.51. The first-order chi connectivity index (χ1) is 8.06. The van der Waals surface area contributed by atoms with Crippen LogP contribution in [0.4, 0.5) is 0 Å². The van der Waals surface area contributed by atoms with Crippen molar-refractivity contribution in [2.45, 2.75) is 32.4 Å². The number of likely N-dealkylation sites (tertiary alicyclic amines) is 1. The molecule has 2 heteroatoms. The van der Waals surface area contributed by atoms with Gasteiger partial charge in [0, 0.05) is 25.7 Å². The van der Waals surface area contributed by atoms with Gasteiger partial charge in [0.25, 0.3) is 0 Å². The van der Waals surface area contributed by atoms with Gasteiger partial charge in [0.05, 0.1) is 0 Å². The highest BCUT2D eigenvalue weighted by Gasteiger charge is 2.27. The average Bonchev–Trinajstić information content (AvgIpc) is 2.23. The van der Waals surface area contributed by atoms with Gasteiger partial charge in [-0.2, -0.15) is 0 Å². The summed E-state index contributed by atoms with van der Waals surface area (Å²) in [5.41, 5.74) is 2.87. The van der Waals surface area contributed by atoms with Crippen molar-refractivity contribution < 1.29 is 0 Å². The molecule has 0 radical (unpaired) electrons. The van der Waals surface area contributed by atoms with E-state index in [9.17, 15) is 0 Å². The summed E-state index contributed by atoms with van der Waals surface area (Å²) in [5, 5.41) is 0. The minimum Gasteiger partial charge on any atom is -0.304 e. The van der Waals surface area contributed by atoms with Crippen molar-refractivity contribution in [1.82, 2.24) is 9.80 Å². The summed E-state index contributed by atoms with van der Waals surface area (Å²) in [7, 11) is 4.33. The fourth-order valence-corrected chi connectivity index (χ4v) is 2.26. The van der Waals surface area contributed by atoms with Gasteiger partial charge in [-0.3, -0.25) is 4.90 Å². The normalized spacial score (nSPS) is 17.8. The maximum Gasteiger partial charge on any atom is 0.0344 e. The second-order valence-electron chi connectivity index (χ2n) is 5.71. The van der Waals surface area contributed by atoms with Gasteiger partial charge in [-0.25, -0.2) is 0 Å². The third-order valence-electron chi connectivity index (χ3n) is 3.72. The van der Waals surface area contributed by atoms with Crippen LogP contribution in [0, 0.1) is 0 Å². The van der Waals surface area contributed by atoms with E-state index in [2.05, 4.69) is 62.0 Å². The Hall–Kier alpha value is -0.860. The third-order valence-corrected chi connectivity index (χ3v) is 3.72. The molecule has 17 heavy (non-hydrogen) atoms. The number of benzene rings is 1. The van der Waals surface area contributed by atoms with E-state index in [1.54, 1.807) is 0 Å². The molecule has 1 aromatic carbocycles. The molecule has 1 aliphatic heterocycles. The summed E-state index contributed by atoms with van der Waals surface area (Å²) in [5.74, 6) is 0.631. The quantitative estimate of drug-likeness (QED) is 0.787. The van der Waals surface area contributed by atoms with Crippen LogP contribution in [0.25, 0.3) is 0 Å². The molecule has 94 valence electrons. The lowest BCUT2D eigenvalue weighted by Crippen LogP contribution is -2.56. The van der Waals surface area contributed by atoms with E-state index in [-0.39, 0.29) is 0 Å². The second-order valence-corrected chi connectivity index (χ2v) is 5.71. The molecule has 1 aliphatic rings. The molecule has 0 saturated carbocycles. The van der Waals surface area contributed by atoms with Crippen LogP contribution in [0.1, 0.15) is 30.9 Å². The molecule has 0 N–H and O–H groups in total. The summed E-state index contributed by atoms with van der Waals surface area (Å²) in [6.07, 6.45) is 0. The van der Waals surface area contributed by atoms with E-state index < -0.39 is 0 Å². The third kappa shape index (κ3) is 3.08. The second kappa shape index (κ2) is 5.19. The first kappa shape index (κ1) is 12.6. The van der Waals surface area contributed by atoms with Crippen molar-refractivity contribution in [3.63, 3.8) is 0 Å². The molecule has 0 bridgehead atoms. The molecule has 1 saturated heterocycles. The Morgan fingerprint density at radius 3 is 2.24 bits per heavy atom. The number of nitrogens with zero attached hydrogens (tertiary/aromatic N) is 2. The molecular formula is C15H24N2. The minimum atomic E-state index is 0.631. The lowest BCUT2D eigenvalue weighted by atomic mass is 10.0. The number of hydrogen-bond donors (Lipinski definition) is 0.